The SMILES string of the molecule is COc1cc(/C=N/NC(=O)Cc2cccc(C(F)(F)F)c2)cc(I)c1OC. The number of hydrogen-bond donors (Lipinski definition) is 1. The highest BCUT2D eigenvalue weighted by Crippen LogP contribution is 2.33. The van der Waals surface area contributed by atoms with Crippen LogP contribution in [0.3, 0.4) is 0 Å². The maximum atomic E-state index is 12.7. The summed E-state index contributed by atoms with van der Waals surface area (Å²) in [6.07, 6.45) is -3.26. The first-order valence-corrected chi connectivity index (χ1v) is 8.72. The maximum Gasteiger partial charge on any atom is 0.416 e. The standard InChI is InChI=1S/C18H16F3IN2O3/c1-26-15-8-12(7-14(22)17(15)27-2)10-23-24-16(25)9-11-4-3-5-13(6-11)18(19,20)21/h3-8,10H,9H2,1-2H3,(H,24,25)/b23-10+. The number of carbonyl (C=O) groups is 1. The highest BCUT2D eigenvalue weighted by Gasteiger charge is 2.30. The van der Waals surface area contributed by atoms with Crippen molar-refractivity contribution in [3.8, 4) is 11.5 Å². The van der Waals surface area contributed by atoms with E-state index in [1.54, 1.807) is 12.1 Å². The second-order valence-corrected chi connectivity index (χ2v) is 6.57. The number of amides is 1. The average molecular weight is 492 g/mol. The van der Waals surface area contributed by atoms with Gasteiger partial charge in [-0.05, 0) is 51.9 Å². The molecular formula is C18H16F3IN2O3. The van der Waals surface area contributed by atoms with Crippen LogP contribution in [-0.4, -0.2) is 26.3 Å². The Balaban J connectivity index is 2.03. The van der Waals surface area contributed by atoms with E-state index >= 15 is 0 Å². The molecule has 0 atom stereocenters. The van der Waals surface area contributed by atoms with Crippen LogP contribution in [0.2, 0.25) is 0 Å². The molecule has 2 aromatic rings. The smallest absolute Gasteiger partial charge is 0.416 e. The van der Waals surface area contributed by atoms with Crippen LogP contribution in [0.4, 0.5) is 13.2 Å². The number of ether oxygens (including phenoxy) is 2. The fourth-order valence-electron chi connectivity index (χ4n) is 2.27. The van der Waals surface area contributed by atoms with Crippen LogP contribution in [0.15, 0.2) is 41.5 Å². The van der Waals surface area contributed by atoms with Gasteiger partial charge in [-0.25, -0.2) is 5.43 Å². The third-order valence-corrected chi connectivity index (χ3v) is 4.28. The van der Waals surface area contributed by atoms with Gasteiger partial charge in [-0.3, -0.25) is 4.79 Å². The van der Waals surface area contributed by atoms with E-state index in [4.69, 9.17) is 9.47 Å². The monoisotopic (exact) mass is 492 g/mol. The number of hydrazone groups is 1. The van der Waals surface area contributed by atoms with Gasteiger partial charge in [0.15, 0.2) is 11.5 Å². The Hall–Kier alpha value is -2.30. The first kappa shape index (κ1) is 21.0. The third-order valence-electron chi connectivity index (χ3n) is 3.48. The molecule has 0 spiro atoms. The number of nitrogens with zero attached hydrogens (tertiary/aromatic N) is 1. The van der Waals surface area contributed by atoms with Crippen LogP contribution >= 0.6 is 22.6 Å². The lowest BCUT2D eigenvalue weighted by molar-refractivity contribution is -0.137. The van der Waals surface area contributed by atoms with Crippen LogP contribution in [-0.2, 0) is 17.4 Å². The average Bonchev–Trinajstić information content (AvgIpc) is 2.60. The van der Waals surface area contributed by atoms with Gasteiger partial charge in [0.25, 0.3) is 0 Å². The number of alkyl halides is 3. The van der Waals surface area contributed by atoms with E-state index in [-0.39, 0.29) is 12.0 Å². The first-order chi connectivity index (χ1) is 12.7. The predicted octanol–water partition coefficient (Wildman–Crippen LogP) is 4.02. The molecule has 27 heavy (non-hydrogen) atoms. The topological polar surface area (TPSA) is 59.9 Å². The van der Waals surface area contributed by atoms with E-state index < -0.39 is 17.6 Å². The Morgan fingerprint density at radius 2 is 1.96 bits per heavy atom. The minimum absolute atomic E-state index is 0.218. The minimum atomic E-state index is -4.45. The summed E-state index contributed by atoms with van der Waals surface area (Å²) >= 11 is 2.08. The Labute approximate surface area is 167 Å². The largest absolute Gasteiger partial charge is 0.493 e. The minimum Gasteiger partial charge on any atom is -0.493 e. The molecule has 0 saturated heterocycles. The lowest BCUT2D eigenvalue weighted by Crippen LogP contribution is -2.20. The normalized spacial score (nSPS) is 11.5. The van der Waals surface area contributed by atoms with Gasteiger partial charge in [0.2, 0.25) is 5.91 Å². The summed E-state index contributed by atoms with van der Waals surface area (Å²) in [6.45, 7) is 0. The fourth-order valence-corrected chi connectivity index (χ4v) is 3.12. The van der Waals surface area contributed by atoms with Crippen molar-refractivity contribution in [3.63, 3.8) is 0 Å². The highest BCUT2D eigenvalue weighted by atomic mass is 127. The summed E-state index contributed by atoms with van der Waals surface area (Å²) in [5.74, 6) is 0.575. The molecule has 1 N–H and O–H groups in total. The molecule has 0 aliphatic rings. The zero-order valence-electron chi connectivity index (χ0n) is 14.4. The maximum absolute atomic E-state index is 12.7. The molecule has 9 heteroatoms. The Morgan fingerprint density at radius 1 is 1.22 bits per heavy atom. The van der Waals surface area contributed by atoms with Crippen molar-refractivity contribution in [2.75, 3.05) is 14.2 Å². The Bertz CT molecular complexity index is 854. The van der Waals surface area contributed by atoms with Crippen LogP contribution in [0.1, 0.15) is 16.7 Å². The van der Waals surface area contributed by atoms with Crippen LogP contribution in [0.5, 0.6) is 11.5 Å². The molecule has 0 aliphatic carbocycles. The van der Waals surface area contributed by atoms with Gasteiger partial charge in [-0.2, -0.15) is 18.3 Å². The lowest BCUT2D eigenvalue weighted by atomic mass is 10.1. The van der Waals surface area contributed by atoms with E-state index in [9.17, 15) is 18.0 Å². The molecule has 0 radical (unpaired) electrons. The van der Waals surface area contributed by atoms with Crippen molar-refractivity contribution in [2.24, 2.45) is 5.10 Å². The zero-order chi connectivity index (χ0) is 20.0. The number of rotatable bonds is 6. The van der Waals surface area contributed by atoms with Gasteiger partial charge in [0, 0.05) is 0 Å². The number of halogens is 4. The summed E-state index contributed by atoms with van der Waals surface area (Å²) in [4.78, 5) is 11.9. The van der Waals surface area contributed by atoms with Crippen LogP contribution < -0.4 is 14.9 Å². The molecule has 2 aromatic carbocycles. The number of carbonyl (C=O) groups excluding carboxylic acids is 1. The van der Waals surface area contributed by atoms with Gasteiger partial charge in [0.1, 0.15) is 0 Å². The molecule has 1 amide bonds. The summed E-state index contributed by atoms with van der Waals surface area (Å²) in [5.41, 5.74) is 2.41. The van der Waals surface area contributed by atoms with Crippen molar-refractivity contribution in [2.45, 2.75) is 12.6 Å². The Morgan fingerprint density at radius 3 is 2.59 bits per heavy atom. The second-order valence-electron chi connectivity index (χ2n) is 5.41. The molecule has 2 rings (SSSR count). The third kappa shape index (κ3) is 5.84. The number of methoxy groups -OCH3 is 2. The van der Waals surface area contributed by atoms with E-state index in [0.717, 1.165) is 15.7 Å². The molecule has 0 heterocycles. The summed E-state index contributed by atoms with van der Waals surface area (Å²) < 4.78 is 49.4. The number of hydrogen-bond acceptors (Lipinski definition) is 4. The van der Waals surface area contributed by atoms with Crippen molar-refractivity contribution in [1.29, 1.82) is 0 Å². The van der Waals surface area contributed by atoms with Gasteiger partial charge in [0.05, 0.1) is 36.0 Å². The summed E-state index contributed by atoms with van der Waals surface area (Å²) in [5, 5.41) is 3.83. The van der Waals surface area contributed by atoms with Gasteiger partial charge < -0.3 is 9.47 Å². The van der Waals surface area contributed by atoms with Crippen molar-refractivity contribution in [3.05, 3.63) is 56.7 Å². The number of benzene rings is 2. The van der Waals surface area contributed by atoms with E-state index in [1.807, 2.05) is 0 Å². The highest BCUT2D eigenvalue weighted by molar-refractivity contribution is 14.1. The lowest BCUT2D eigenvalue weighted by Gasteiger charge is -2.10. The van der Waals surface area contributed by atoms with Gasteiger partial charge in [-0.15, -0.1) is 0 Å². The van der Waals surface area contributed by atoms with Crippen molar-refractivity contribution < 1.29 is 27.4 Å². The molecule has 0 saturated carbocycles. The van der Waals surface area contributed by atoms with Gasteiger partial charge in [-0.1, -0.05) is 18.2 Å². The van der Waals surface area contributed by atoms with Crippen molar-refractivity contribution >= 4 is 34.7 Å². The number of nitrogens with one attached hydrogen (secondary N) is 1. The molecule has 5 nitrogen and oxygen atoms in total. The first-order valence-electron chi connectivity index (χ1n) is 7.64. The fraction of sp³-hybridized carbons (Fsp3) is 0.222. The van der Waals surface area contributed by atoms with Crippen molar-refractivity contribution in [1.82, 2.24) is 5.43 Å². The van der Waals surface area contributed by atoms with E-state index in [1.165, 1.54) is 32.6 Å². The Kier molecular flexibility index (Phi) is 7.05. The zero-order valence-corrected chi connectivity index (χ0v) is 16.6. The molecule has 0 fully saturated rings. The van der Waals surface area contributed by atoms with E-state index in [0.29, 0.717) is 17.1 Å². The predicted molar refractivity (Wildman–Crippen MR) is 103 cm³/mol. The quantitative estimate of drug-likeness (QED) is 0.377. The molecule has 0 aliphatic heterocycles. The molecule has 0 aromatic heterocycles. The molecule has 144 valence electrons. The summed E-state index contributed by atoms with van der Waals surface area (Å²) in [6, 6.07) is 8.08. The van der Waals surface area contributed by atoms with E-state index in [2.05, 4.69) is 33.1 Å². The molecular weight excluding hydrogens is 476 g/mol. The summed E-state index contributed by atoms with van der Waals surface area (Å²) in [7, 11) is 3.04. The molecule has 0 unspecified atom stereocenters. The molecule has 0 bridgehead atoms. The van der Waals surface area contributed by atoms with Crippen LogP contribution in [0, 0.1) is 3.57 Å². The second kappa shape index (κ2) is 9.07. The van der Waals surface area contributed by atoms with Crippen LogP contribution in [0.25, 0.3) is 0 Å². The van der Waals surface area contributed by atoms with Gasteiger partial charge >= 0.3 is 6.18 Å².